The molecule has 0 heterocycles. The van der Waals surface area contributed by atoms with Crippen LogP contribution >= 0.6 is 0 Å². The standard InChI is InChI=1S/C16H17NO2/c17-13-4-6-14(7-5-13)19-16-3-1-2-12-8-11(10-18)9-15(12)16/h1-7,11,18H,8-10,17H2. The molecule has 0 spiro atoms. The third-order valence-corrected chi connectivity index (χ3v) is 3.60. The van der Waals surface area contributed by atoms with Gasteiger partial charge in [0.1, 0.15) is 11.5 Å². The van der Waals surface area contributed by atoms with Gasteiger partial charge in [-0.05, 0) is 60.2 Å². The second-order valence-electron chi connectivity index (χ2n) is 5.02. The fraction of sp³-hybridized carbons (Fsp3) is 0.250. The van der Waals surface area contributed by atoms with Gasteiger partial charge in [-0.25, -0.2) is 0 Å². The Kier molecular flexibility index (Phi) is 3.13. The molecule has 0 aromatic heterocycles. The van der Waals surface area contributed by atoms with E-state index in [1.54, 1.807) is 0 Å². The zero-order valence-corrected chi connectivity index (χ0v) is 10.7. The van der Waals surface area contributed by atoms with E-state index in [1.165, 1.54) is 11.1 Å². The lowest BCUT2D eigenvalue weighted by Gasteiger charge is -2.10. The van der Waals surface area contributed by atoms with E-state index in [0.717, 1.165) is 30.0 Å². The van der Waals surface area contributed by atoms with E-state index in [-0.39, 0.29) is 6.61 Å². The number of fused-ring (bicyclic) bond motifs is 1. The number of anilines is 1. The molecule has 1 aliphatic rings. The maximum atomic E-state index is 9.29. The van der Waals surface area contributed by atoms with Crippen molar-refractivity contribution in [1.29, 1.82) is 0 Å². The van der Waals surface area contributed by atoms with Crippen LogP contribution in [0.25, 0.3) is 0 Å². The number of aliphatic hydroxyl groups excluding tert-OH is 1. The summed E-state index contributed by atoms with van der Waals surface area (Å²) in [5, 5.41) is 9.29. The first-order valence-electron chi connectivity index (χ1n) is 6.51. The molecule has 1 atom stereocenters. The highest BCUT2D eigenvalue weighted by molar-refractivity contribution is 5.47. The van der Waals surface area contributed by atoms with Crippen LogP contribution in [0.2, 0.25) is 0 Å². The summed E-state index contributed by atoms with van der Waals surface area (Å²) in [4.78, 5) is 0. The first kappa shape index (κ1) is 12.1. The first-order chi connectivity index (χ1) is 9.26. The van der Waals surface area contributed by atoms with Crippen LogP contribution in [0.1, 0.15) is 11.1 Å². The third-order valence-electron chi connectivity index (χ3n) is 3.60. The van der Waals surface area contributed by atoms with Gasteiger partial charge in [0.25, 0.3) is 0 Å². The molecular weight excluding hydrogens is 238 g/mol. The van der Waals surface area contributed by atoms with Crippen LogP contribution in [-0.2, 0) is 12.8 Å². The molecule has 0 saturated heterocycles. The summed E-state index contributed by atoms with van der Waals surface area (Å²) in [6.45, 7) is 0.232. The molecule has 0 saturated carbocycles. The van der Waals surface area contributed by atoms with E-state index in [1.807, 2.05) is 36.4 Å². The van der Waals surface area contributed by atoms with Gasteiger partial charge < -0.3 is 15.6 Å². The number of nitrogens with two attached hydrogens (primary N) is 1. The molecule has 1 aliphatic carbocycles. The summed E-state index contributed by atoms with van der Waals surface area (Å²) in [6.07, 6.45) is 1.82. The van der Waals surface area contributed by atoms with E-state index >= 15 is 0 Å². The Morgan fingerprint density at radius 2 is 1.89 bits per heavy atom. The van der Waals surface area contributed by atoms with Crippen LogP contribution in [0.5, 0.6) is 11.5 Å². The quantitative estimate of drug-likeness (QED) is 0.829. The van der Waals surface area contributed by atoms with Crippen molar-refractivity contribution >= 4 is 5.69 Å². The molecule has 0 bridgehead atoms. The second-order valence-corrected chi connectivity index (χ2v) is 5.02. The van der Waals surface area contributed by atoms with E-state index in [4.69, 9.17) is 10.5 Å². The van der Waals surface area contributed by atoms with Crippen LogP contribution < -0.4 is 10.5 Å². The summed E-state index contributed by atoms with van der Waals surface area (Å²) in [5.74, 6) is 2.00. The number of benzene rings is 2. The van der Waals surface area contributed by atoms with Gasteiger partial charge in [-0.3, -0.25) is 0 Å². The highest BCUT2D eigenvalue weighted by Crippen LogP contribution is 2.35. The monoisotopic (exact) mass is 255 g/mol. The van der Waals surface area contributed by atoms with Crippen LogP contribution in [0.4, 0.5) is 5.69 Å². The number of rotatable bonds is 3. The van der Waals surface area contributed by atoms with Crippen molar-refractivity contribution in [2.45, 2.75) is 12.8 Å². The Bertz CT molecular complexity index is 578. The molecule has 3 rings (SSSR count). The molecule has 98 valence electrons. The summed E-state index contributed by atoms with van der Waals surface area (Å²) in [7, 11) is 0. The molecule has 0 aliphatic heterocycles. The van der Waals surface area contributed by atoms with E-state index in [0.29, 0.717) is 5.92 Å². The molecule has 3 N–H and O–H groups in total. The Labute approximate surface area is 112 Å². The molecule has 1 unspecified atom stereocenters. The lowest BCUT2D eigenvalue weighted by Crippen LogP contribution is -2.04. The minimum Gasteiger partial charge on any atom is -0.457 e. The van der Waals surface area contributed by atoms with Gasteiger partial charge >= 0.3 is 0 Å². The van der Waals surface area contributed by atoms with Crippen molar-refractivity contribution in [3.8, 4) is 11.5 Å². The number of hydrogen-bond acceptors (Lipinski definition) is 3. The fourth-order valence-corrected chi connectivity index (χ4v) is 2.59. The molecule has 2 aromatic rings. The average molecular weight is 255 g/mol. The SMILES string of the molecule is Nc1ccc(Oc2cccc3c2CC(CO)C3)cc1. The first-order valence-corrected chi connectivity index (χ1v) is 6.51. The van der Waals surface area contributed by atoms with Gasteiger partial charge in [-0.15, -0.1) is 0 Å². The van der Waals surface area contributed by atoms with E-state index in [2.05, 4.69) is 6.07 Å². The molecular formula is C16H17NO2. The van der Waals surface area contributed by atoms with Crippen molar-refractivity contribution in [1.82, 2.24) is 0 Å². The lowest BCUT2D eigenvalue weighted by molar-refractivity contribution is 0.232. The molecule has 3 heteroatoms. The van der Waals surface area contributed by atoms with Crippen molar-refractivity contribution in [2.75, 3.05) is 12.3 Å². The number of hydrogen-bond donors (Lipinski definition) is 2. The van der Waals surface area contributed by atoms with E-state index in [9.17, 15) is 5.11 Å². The zero-order valence-electron chi connectivity index (χ0n) is 10.7. The summed E-state index contributed by atoms with van der Waals surface area (Å²) >= 11 is 0. The Morgan fingerprint density at radius 1 is 1.11 bits per heavy atom. The number of ether oxygens (including phenoxy) is 1. The predicted octanol–water partition coefficient (Wildman–Crippen LogP) is 2.77. The number of nitrogen functional groups attached to an aromatic ring is 1. The third kappa shape index (κ3) is 2.42. The van der Waals surface area contributed by atoms with Gasteiger partial charge in [0.05, 0.1) is 0 Å². The topological polar surface area (TPSA) is 55.5 Å². The summed E-state index contributed by atoms with van der Waals surface area (Å²) in [5.41, 5.74) is 8.90. The van der Waals surface area contributed by atoms with Gasteiger partial charge in [0, 0.05) is 12.3 Å². The van der Waals surface area contributed by atoms with Crippen molar-refractivity contribution in [2.24, 2.45) is 5.92 Å². The molecule has 2 aromatic carbocycles. The van der Waals surface area contributed by atoms with Crippen LogP contribution in [0.15, 0.2) is 42.5 Å². The Hall–Kier alpha value is -2.00. The van der Waals surface area contributed by atoms with Gasteiger partial charge in [-0.2, -0.15) is 0 Å². The van der Waals surface area contributed by atoms with Gasteiger partial charge in [0.2, 0.25) is 0 Å². The van der Waals surface area contributed by atoms with Crippen molar-refractivity contribution in [3.05, 3.63) is 53.6 Å². The Morgan fingerprint density at radius 3 is 2.63 bits per heavy atom. The van der Waals surface area contributed by atoms with Gasteiger partial charge in [0.15, 0.2) is 0 Å². The molecule has 3 nitrogen and oxygen atoms in total. The molecule has 19 heavy (non-hydrogen) atoms. The smallest absolute Gasteiger partial charge is 0.130 e. The summed E-state index contributed by atoms with van der Waals surface area (Å²) in [6, 6.07) is 13.5. The lowest BCUT2D eigenvalue weighted by atomic mass is 10.1. The average Bonchev–Trinajstić information content (AvgIpc) is 2.85. The summed E-state index contributed by atoms with van der Waals surface area (Å²) < 4.78 is 5.93. The van der Waals surface area contributed by atoms with Crippen LogP contribution in [0.3, 0.4) is 0 Å². The highest BCUT2D eigenvalue weighted by Gasteiger charge is 2.23. The largest absolute Gasteiger partial charge is 0.457 e. The second kappa shape index (κ2) is 4.94. The Balaban J connectivity index is 1.87. The normalized spacial score (nSPS) is 17.2. The van der Waals surface area contributed by atoms with Crippen molar-refractivity contribution < 1.29 is 9.84 Å². The fourth-order valence-electron chi connectivity index (χ4n) is 2.59. The minimum absolute atomic E-state index is 0.232. The molecule has 0 amide bonds. The highest BCUT2D eigenvalue weighted by atomic mass is 16.5. The maximum Gasteiger partial charge on any atom is 0.130 e. The molecule has 0 fully saturated rings. The van der Waals surface area contributed by atoms with E-state index < -0.39 is 0 Å². The van der Waals surface area contributed by atoms with Crippen molar-refractivity contribution in [3.63, 3.8) is 0 Å². The predicted molar refractivity (Wildman–Crippen MR) is 75.4 cm³/mol. The number of aliphatic hydroxyl groups is 1. The van der Waals surface area contributed by atoms with Gasteiger partial charge in [-0.1, -0.05) is 12.1 Å². The van der Waals surface area contributed by atoms with Crippen LogP contribution in [0, 0.1) is 5.92 Å². The maximum absolute atomic E-state index is 9.29. The van der Waals surface area contributed by atoms with Crippen LogP contribution in [-0.4, -0.2) is 11.7 Å². The minimum atomic E-state index is 0.232. The molecule has 0 radical (unpaired) electrons. The zero-order chi connectivity index (χ0) is 13.2.